The molecule has 0 heterocycles. The summed E-state index contributed by atoms with van der Waals surface area (Å²) in [6.07, 6.45) is 5.40. The second kappa shape index (κ2) is 8.34. The minimum absolute atomic E-state index is 0.141. The van der Waals surface area contributed by atoms with Crippen LogP contribution in [0, 0.1) is 5.92 Å². The first-order valence-electron chi connectivity index (χ1n) is 6.98. The molecule has 0 saturated heterocycles. The molecule has 0 aromatic heterocycles. The van der Waals surface area contributed by atoms with Gasteiger partial charge < -0.3 is 15.7 Å². The number of aliphatic hydroxyl groups excluding tert-OH is 1. The quantitative estimate of drug-likeness (QED) is 0.375. The molecule has 3 N–H and O–H groups in total. The van der Waals surface area contributed by atoms with Crippen LogP contribution in [0.3, 0.4) is 0 Å². The van der Waals surface area contributed by atoms with Gasteiger partial charge in [-0.25, -0.2) is 0 Å². The normalized spacial score (nSPS) is 25.0. The molecule has 0 aromatic carbocycles. The van der Waals surface area contributed by atoms with Crippen molar-refractivity contribution >= 4 is 5.96 Å². The topological polar surface area (TPSA) is 56.7 Å². The van der Waals surface area contributed by atoms with E-state index in [0.717, 1.165) is 51.3 Å². The standard InChI is InChI=1S/C13H27N3O/c1-3-5-9-15-13(14-4-2)16-10-11-7-6-8-12(11)17/h11-12,17H,3-10H2,1-2H3,(H2,14,15,16). The zero-order chi connectivity index (χ0) is 12.5. The number of unbranched alkanes of at least 4 members (excludes halogenated alkanes) is 1. The Morgan fingerprint density at radius 1 is 1.29 bits per heavy atom. The van der Waals surface area contributed by atoms with Crippen LogP contribution >= 0.6 is 0 Å². The third-order valence-corrected chi connectivity index (χ3v) is 3.27. The highest BCUT2D eigenvalue weighted by molar-refractivity contribution is 5.79. The van der Waals surface area contributed by atoms with Crippen molar-refractivity contribution in [2.75, 3.05) is 19.6 Å². The molecular weight excluding hydrogens is 214 g/mol. The van der Waals surface area contributed by atoms with Crippen molar-refractivity contribution in [3.8, 4) is 0 Å². The lowest BCUT2D eigenvalue weighted by Gasteiger charge is -2.14. The van der Waals surface area contributed by atoms with Gasteiger partial charge in [-0.15, -0.1) is 0 Å². The van der Waals surface area contributed by atoms with E-state index < -0.39 is 0 Å². The van der Waals surface area contributed by atoms with E-state index in [1.54, 1.807) is 0 Å². The lowest BCUT2D eigenvalue weighted by Crippen LogP contribution is -2.38. The molecule has 1 aliphatic carbocycles. The van der Waals surface area contributed by atoms with Crippen LogP contribution in [0.2, 0.25) is 0 Å². The third kappa shape index (κ3) is 5.39. The first-order valence-corrected chi connectivity index (χ1v) is 6.98. The van der Waals surface area contributed by atoms with Crippen molar-refractivity contribution in [1.29, 1.82) is 0 Å². The lowest BCUT2D eigenvalue weighted by atomic mass is 10.1. The van der Waals surface area contributed by atoms with Crippen molar-refractivity contribution < 1.29 is 5.11 Å². The number of guanidine groups is 1. The van der Waals surface area contributed by atoms with Gasteiger partial charge >= 0.3 is 0 Å². The maximum absolute atomic E-state index is 9.74. The Labute approximate surface area is 105 Å². The van der Waals surface area contributed by atoms with Crippen LogP contribution in [0.25, 0.3) is 0 Å². The predicted octanol–water partition coefficient (Wildman–Crippen LogP) is 1.50. The summed E-state index contributed by atoms with van der Waals surface area (Å²) in [6, 6.07) is 0. The highest BCUT2D eigenvalue weighted by Crippen LogP contribution is 2.25. The van der Waals surface area contributed by atoms with Crippen molar-refractivity contribution in [2.45, 2.75) is 52.1 Å². The van der Waals surface area contributed by atoms with Crippen LogP contribution in [0.5, 0.6) is 0 Å². The third-order valence-electron chi connectivity index (χ3n) is 3.27. The number of aliphatic imine (C=N–C) groups is 1. The van der Waals surface area contributed by atoms with Crippen molar-refractivity contribution in [2.24, 2.45) is 10.9 Å². The molecule has 2 atom stereocenters. The zero-order valence-electron chi connectivity index (χ0n) is 11.2. The average molecular weight is 241 g/mol. The molecule has 0 spiro atoms. The molecule has 2 unspecified atom stereocenters. The van der Waals surface area contributed by atoms with E-state index in [0.29, 0.717) is 5.92 Å². The molecule has 1 saturated carbocycles. The monoisotopic (exact) mass is 241 g/mol. The molecule has 0 radical (unpaired) electrons. The van der Waals surface area contributed by atoms with Gasteiger partial charge in [0.2, 0.25) is 0 Å². The summed E-state index contributed by atoms with van der Waals surface area (Å²) in [5.74, 6) is 1.25. The van der Waals surface area contributed by atoms with Gasteiger partial charge in [0.1, 0.15) is 0 Å². The molecule has 4 heteroatoms. The Hall–Kier alpha value is -0.770. The van der Waals surface area contributed by atoms with Crippen LogP contribution in [0.4, 0.5) is 0 Å². The molecule has 0 bridgehead atoms. The number of hydrogen-bond acceptors (Lipinski definition) is 2. The lowest BCUT2D eigenvalue weighted by molar-refractivity contribution is 0.136. The van der Waals surface area contributed by atoms with Crippen LogP contribution in [-0.4, -0.2) is 36.8 Å². The Kier molecular flexibility index (Phi) is 7.01. The molecular formula is C13H27N3O. The van der Waals surface area contributed by atoms with Crippen molar-refractivity contribution in [3.05, 3.63) is 0 Å². The van der Waals surface area contributed by atoms with Gasteiger partial charge in [0, 0.05) is 25.6 Å². The smallest absolute Gasteiger partial charge is 0.191 e. The highest BCUT2D eigenvalue weighted by Gasteiger charge is 2.24. The summed E-state index contributed by atoms with van der Waals surface area (Å²) >= 11 is 0. The van der Waals surface area contributed by atoms with E-state index in [2.05, 4.69) is 29.5 Å². The summed E-state index contributed by atoms with van der Waals surface area (Å²) in [6.45, 7) is 6.84. The van der Waals surface area contributed by atoms with E-state index in [1.807, 2.05) is 0 Å². The minimum Gasteiger partial charge on any atom is -0.393 e. The SMILES string of the molecule is CCCCNC(=NCC1CCCC1O)NCC. The van der Waals surface area contributed by atoms with Crippen molar-refractivity contribution in [1.82, 2.24) is 10.6 Å². The molecule has 0 aromatic rings. The van der Waals surface area contributed by atoms with Crippen LogP contribution < -0.4 is 10.6 Å². The number of nitrogens with one attached hydrogen (secondary N) is 2. The second-order valence-corrected chi connectivity index (χ2v) is 4.76. The molecule has 1 rings (SSSR count). The Morgan fingerprint density at radius 3 is 2.71 bits per heavy atom. The fourth-order valence-electron chi connectivity index (χ4n) is 2.16. The van der Waals surface area contributed by atoms with E-state index in [-0.39, 0.29) is 6.10 Å². The van der Waals surface area contributed by atoms with E-state index >= 15 is 0 Å². The molecule has 0 aliphatic heterocycles. The second-order valence-electron chi connectivity index (χ2n) is 4.76. The molecule has 1 aliphatic rings. The van der Waals surface area contributed by atoms with Gasteiger partial charge in [0.25, 0.3) is 0 Å². The van der Waals surface area contributed by atoms with Crippen molar-refractivity contribution in [3.63, 3.8) is 0 Å². The van der Waals surface area contributed by atoms with E-state index in [9.17, 15) is 5.11 Å². The summed E-state index contributed by atoms with van der Waals surface area (Å²) < 4.78 is 0. The summed E-state index contributed by atoms with van der Waals surface area (Å²) in [5, 5.41) is 16.3. The zero-order valence-corrected chi connectivity index (χ0v) is 11.2. The summed E-state index contributed by atoms with van der Waals surface area (Å²) in [7, 11) is 0. The van der Waals surface area contributed by atoms with Gasteiger partial charge in [-0.05, 0) is 26.2 Å². The van der Waals surface area contributed by atoms with Crippen LogP contribution in [0.15, 0.2) is 4.99 Å². The van der Waals surface area contributed by atoms with E-state index in [4.69, 9.17) is 0 Å². The van der Waals surface area contributed by atoms with Gasteiger partial charge in [0.05, 0.1) is 6.10 Å². The average Bonchev–Trinajstić information content (AvgIpc) is 2.72. The highest BCUT2D eigenvalue weighted by atomic mass is 16.3. The molecule has 100 valence electrons. The van der Waals surface area contributed by atoms with Crippen LogP contribution in [-0.2, 0) is 0 Å². The largest absolute Gasteiger partial charge is 0.393 e. The fourth-order valence-corrected chi connectivity index (χ4v) is 2.16. The fraction of sp³-hybridized carbons (Fsp3) is 0.923. The molecule has 1 fully saturated rings. The number of aliphatic hydroxyl groups is 1. The first-order chi connectivity index (χ1) is 8.27. The Bertz CT molecular complexity index is 231. The summed E-state index contributed by atoms with van der Waals surface area (Å²) in [4.78, 5) is 4.55. The minimum atomic E-state index is -0.141. The Morgan fingerprint density at radius 2 is 2.12 bits per heavy atom. The van der Waals surface area contributed by atoms with Gasteiger partial charge in [-0.1, -0.05) is 19.8 Å². The maximum atomic E-state index is 9.74. The molecule has 0 amide bonds. The molecule has 17 heavy (non-hydrogen) atoms. The van der Waals surface area contributed by atoms with Gasteiger partial charge in [-0.2, -0.15) is 0 Å². The maximum Gasteiger partial charge on any atom is 0.191 e. The summed E-state index contributed by atoms with van der Waals surface area (Å²) in [5.41, 5.74) is 0. The Balaban J connectivity index is 2.33. The van der Waals surface area contributed by atoms with Gasteiger partial charge in [-0.3, -0.25) is 4.99 Å². The van der Waals surface area contributed by atoms with Gasteiger partial charge in [0.15, 0.2) is 5.96 Å². The number of hydrogen-bond donors (Lipinski definition) is 3. The van der Waals surface area contributed by atoms with Crippen LogP contribution in [0.1, 0.15) is 46.0 Å². The first kappa shape index (κ1) is 14.3. The molecule has 4 nitrogen and oxygen atoms in total. The number of nitrogens with zero attached hydrogens (tertiary/aromatic N) is 1. The number of rotatable bonds is 6. The predicted molar refractivity (Wildman–Crippen MR) is 72.2 cm³/mol. The van der Waals surface area contributed by atoms with E-state index in [1.165, 1.54) is 6.42 Å².